The molecule has 0 unspecified atom stereocenters. The minimum atomic E-state index is -0.980. The van der Waals surface area contributed by atoms with Crippen molar-refractivity contribution in [3.8, 4) is 17.2 Å². The summed E-state index contributed by atoms with van der Waals surface area (Å²) in [5, 5.41) is 10.7. The molecule has 0 bridgehead atoms. The van der Waals surface area contributed by atoms with E-state index in [0.717, 1.165) is 16.7 Å². The van der Waals surface area contributed by atoms with Crippen molar-refractivity contribution in [1.82, 2.24) is 0 Å². The number of aliphatic carboxylic acids is 1. The van der Waals surface area contributed by atoms with Gasteiger partial charge in [-0.1, -0.05) is 47.5 Å². The molecule has 3 aromatic rings. The lowest BCUT2D eigenvalue weighted by molar-refractivity contribution is -0.132. The summed E-state index contributed by atoms with van der Waals surface area (Å²) in [5.41, 5.74) is 2.56. The second kappa shape index (κ2) is 9.33. The molecule has 0 spiro atoms. The van der Waals surface area contributed by atoms with E-state index < -0.39 is 5.97 Å². The van der Waals surface area contributed by atoms with Crippen molar-refractivity contribution in [2.24, 2.45) is 0 Å². The van der Waals surface area contributed by atoms with Gasteiger partial charge in [-0.15, -0.1) is 0 Å². The predicted molar refractivity (Wildman–Crippen MR) is 119 cm³/mol. The summed E-state index contributed by atoms with van der Waals surface area (Å²) in [5.74, 6) is 0.920. The molecule has 0 amide bonds. The second-order valence-corrected chi connectivity index (χ2v) is 7.71. The summed E-state index contributed by atoms with van der Waals surface area (Å²) in [7, 11) is 0. The van der Waals surface area contributed by atoms with Crippen LogP contribution in [0.2, 0.25) is 10.0 Å². The third kappa shape index (κ3) is 5.13. The van der Waals surface area contributed by atoms with Gasteiger partial charge in [0, 0.05) is 27.6 Å². The SMILES string of the molecule is O=C(O)/C(=C/c1ccc2c(c1)OCO2)Cc1ccc(OCc2c(Cl)cccc2Cl)cc1. The van der Waals surface area contributed by atoms with E-state index in [-0.39, 0.29) is 25.4 Å². The van der Waals surface area contributed by atoms with Gasteiger partial charge in [-0.2, -0.15) is 0 Å². The molecule has 158 valence electrons. The monoisotopic (exact) mass is 456 g/mol. The van der Waals surface area contributed by atoms with Crippen LogP contribution in [-0.2, 0) is 17.8 Å². The average molecular weight is 457 g/mol. The molecule has 4 rings (SSSR count). The van der Waals surface area contributed by atoms with Gasteiger partial charge in [-0.3, -0.25) is 0 Å². The largest absolute Gasteiger partial charge is 0.489 e. The highest BCUT2D eigenvalue weighted by Crippen LogP contribution is 2.33. The Morgan fingerprint density at radius 1 is 1.00 bits per heavy atom. The average Bonchev–Trinajstić information content (AvgIpc) is 3.22. The van der Waals surface area contributed by atoms with E-state index >= 15 is 0 Å². The van der Waals surface area contributed by atoms with Crippen molar-refractivity contribution in [2.45, 2.75) is 13.0 Å². The zero-order valence-electron chi connectivity index (χ0n) is 16.3. The van der Waals surface area contributed by atoms with Crippen LogP contribution >= 0.6 is 23.2 Å². The third-order valence-corrected chi connectivity index (χ3v) is 5.48. The maximum Gasteiger partial charge on any atom is 0.331 e. The molecule has 0 radical (unpaired) electrons. The molecular formula is C24H18Cl2O5. The zero-order valence-corrected chi connectivity index (χ0v) is 17.8. The van der Waals surface area contributed by atoms with Gasteiger partial charge in [-0.05, 0) is 53.6 Å². The summed E-state index contributed by atoms with van der Waals surface area (Å²) in [6.45, 7) is 0.410. The number of carboxylic acid groups (broad SMARTS) is 1. The fourth-order valence-electron chi connectivity index (χ4n) is 3.14. The molecule has 1 heterocycles. The Balaban J connectivity index is 1.44. The van der Waals surface area contributed by atoms with Gasteiger partial charge < -0.3 is 19.3 Å². The number of fused-ring (bicyclic) bond motifs is 1. The van der Waals surface area contributed by atoms with E-state index in [9.17, 15) is 9.90 Å². The quantitative estimate of drug-likeness (QED) is 0.440. The predicted octanol–water partition coefficient (Wildman–Crippen LogP) is 6.01. The number of hydrogen-bond acceptors (Lipinski definition) is 4. The van der Waals surface area contributed by atoms with Crippen LogP contribution < -0.4 is 14.2 Å². The fourth-order valence-corrected chi connectivity index (χ4v) is 3.65. The molecule has 3 aromatic carbocycles. The number of rotatable bonds is 7. The van der Waals surface area contributed by atoms with Crippen LogP contribution in [0.25, 0.3) is 6.08 Å². The Morgan fingerprint density at radius 3 is 2.42 bits per heavy atom. The van der Waals surface area contributed by atoms with Crippen LogP contribution in [0.4, 0.5) is 0 Å². The molecule has 0 fully saturated rings. The van der Waals surface area contributed by atoms with Crippen LogP contribution in [0.15, 0.2) is 66.2 Å². The number of carboxylic acids is 1. The van der Waals surface area contributed by atoms with Gasteiger partial charge >= 0.3 is 5.97 Å². The van der Waals surface area contributed by atoms with Crippen LogP contribution in [0.3, 0.4) is 0 Å². The van der Waals surface area contributed by atoms with Crippen molar-refractivity contribution < 1.29 is 24.1 Å². The Morgan fingerprint density at radius 2 is 1.71 bits per heavy atom. The molecule has 31 heavy (non-hydrogen) atoms. The molecule has 0 saturated heterocycles. The first-order chi connectivity index (χ1) is 15.0. The number of halogens is 2. The van der Waals surface area contributed by atoms with E-state index in [1.165, 1.54) is 0 Å². The van der Waals surface area contributed by atoms with Crippen molar-refractivity contribution in [3.63, 3.8) is 0 Å². The highest BCUT2D eigenvalue weighted by Gasteiger charge is 2.14. The van der Waals surface area contributed by atoms with E-state index in [2.05, 4.69) is 0 Å². The van der Waals surface area contributed by atoms with Crippen LogP contribution in [0, 0.1) is 0 Å². The van der Waals surface area contributed by atoms with Crippen molar-refractivity contribution in [2.75, 3.05) is 6.79 Å². The molecule has 0 aromatic heterocycles. The normalized spacial score (nSPS) is 12.6. The molecule has 5 nitrogen and oxygen atoms in total. The molecule has 0 aliphatic carbocycles. The zero-order chi connectivity index (χ0) is 21.8. The van der Waals surface area contributed by atoms with Crippen LogP contribution in [0.1, 0.15) is 16.7 Å². The smallest absolute Gasteiger partial charge is 0.331 e. The van der Waals surface area contributed by atoms with Gasteiger partial charge in [0.15, 0.2) is 11.5 Å². The maximum absolute atomic E-state index is 11.8. The second-order valence-electron chi connectivity index (χ2n) is 6.90. The van der Waals surface area contributed by atoms with E-state index in [4.69, 9.17) is 37.4 Å². The van der Waals surface area contributed by atoms with Crippen molar-refractivity contribution >= 4 is 35.2 Å². The Hall–Kier alpha value is -3.15. The standard InChI is InChI=1S/C24H18Cl2O5/c25-20-2-1-3-21(26)19(20)13-29-18-7-4-15(5-8-18)10-17(24(27)28)11-16-6-9-22-23(12-16)31-14-30-22/h1-9,11-12H,10,13-14H2,(H,27,28)/b17-11+. The van der Waals surface area contributed by atoms with Gasteiger partial charge in [0.05, 0.1) is 0 Å². The van der Waals surface area contributed by atoms with E-state index in [0.29, 0.717) is 27.3 Å². The number of hydrogen-bond donors (Lipinski definition) is 1. The fraction of sp³-hybridized carbons (Fsp3) is 0.125. The first kappa shape index (κ1) is 21.1. The van der Waals surface area contributed by atoms with Gasteiger partial charge in [-0.25, -0.2) is 4.79 Å². The molecule has 0 atom stereocenters. The minimum absolute atomic E-state index is 0.172. The molecule has 1 aliphatic heterocycles. The first-order valence-corrected chi connectivity index (χ1v) is 10.2. The van der Waals surface area contributed by atoms with Gasteiger partial charge in [0.1, 0.15) is 12.4 Å². The van der Waals surface area contributed by atoms with Crippen LogP contribution in [0.5, 0.6) is 17.2 Å². The van der Waals surface area contributed by atoms with E-state index in [1.807, 2.05) is 12.1 Å². The van der Waals surface area contributed by atoms with Crippen LogP contribution in [-0.4, -0.2) is 17.9 Å². The molecule has 0 saturated carbocycles. The van der Waals surface area contributed by atoms with Crippen molar-refractivity contribution in [3.05, 3.63) is 93.0 Å². The lowest BCUT2D eigenvalue weighted by Gasteiger charge is -2.10. The topological polar surface area (TPSA) is 65.0 Å². The minimum Gasteiger partial charge on any atom is -0.489 e. The summed E-state index contributed by atoms with van der Waals surface area (Å²) >= 11 is 12.3. The maximum atomic E-state index is 11.8. The number of ether oxygens (including phenoxy) is 3. The van der Waals surface area contributed by atoms with E-state index in [1.54, 1.807) is 54.6 Å². The van der Waals surface area contributed by atoms with Gasteiger partial charge in [0.2, 0.25) is 6.79 Å². The third-order valence-electron chi connectivity index (χ3n) is 4.78. The Bertz CT molecular complexity index is 1120. The summed E-state index contributed by atoms with van der Waals surface area (Å²) in [6, 6.07) is 17.9. The number of benzene rings is 3. The lowest BCUT2D eigenvalue weighted by Crippen LogP contribution is -2.04. The molecule has 1 N–H and O–H groups in total. The highest BCUT2D eigenvalue weighted by molar-refractivity contribution is 6.35. The number of carbonyl (C=O) groups is 1. The Kier molecular flexibility index (Phi) is 6.35. The van der Waals surface area contributed by atoms with Crippen molar-refractivity contribution in [1.29, 1.82) is 0 Å². The summed E-state index contributed by atoms with van der Waals surface area (Å²) in [4.78, 5) is 11.8. The summed E-state index contributed by atoms with van der Waals surface area (Å²) < 4.78 is 16.4. The van der Waals surface area contributed by atoms with Gasteiger partial charge in [0.25, 0.3) is 0 Å². The molecular weight excluding hydrogens is 439 g/mol. The highest BCUT2D eigenvalue weighted by atomic mass is 35.5. The molecule has 1 aliphatic rings. The Labute approximate surface area is 189 Å². The first-order valence-electron chi connectivity index (χ1n) is 9.48. The molecule has 7 heteroatoms. The summed E-state index contributed by atoms with van der Waals surface area (Å²) in [6.07, 6.45) is 1.90. The lowest BCUT2D eigenvalue weighted by atomic mass is 10.0.